The second kappa shape index (κ2) is 5.46. The summed E-state index contributed by atoms with van der Waals surface area (Å²) in [6.45, 7) is 1.84. The standard InChI is InChI=1S/C18H19NO3/c1-13-18(21-3,19(2)17(20)22-13)16-11-9-15(10-12-16)14-7-5-4-6-8-14/h4-13H,1-3H3. The zero-order valence-electron chi connectivity index (χ0n) is 12.9. The van der Waals surface area contributed by atoms with E-state index < -0.39 is 5.72 Å². The number of benzene rings is 2. The molecule has 0 aromatic heterocycles. The number of carbonyl (C=O) groups excluding carboxylic acids is 1. The van der Waals surface area contributed by atoms with Crippen molar-refractivity contribution in [2.45, 2.75) is 18.8 Å². The number of ether oxygens (including phenoxy) is 2. The smallest absolute Gasteiger partial charge is 0.412 e. The molecule has 2 unspecified atom stereocenters. The second-order valence-electron chi connectivity index (χ2n) is 5.43. The maximum absolute atomic E-state index is 11.8. The Morgan fingerprint density at radius 1 is 1.05 bits per heavy atom. The van der Waals surface area contributed by atoms with Crippen LogP contribution in [0.3, 0.4) is 0 Å². The molecule has 22 heavy (non-hydrogen) atoms. The van der Waals surface area contributed by atoms with E-state index in [1.165, 1.54) is 4.90 Å². The third-order valence-corrected chi connectivity index (χ3v) is 4.32. The largest absolute Gasteiger partial charge is 0.441 e. The van der Waals surface area contributed by atoms with Crippen LogP contribution >= 0.6 is 0 Å². The molecule has 0 spiro atoms. The molecule has 3 rings (SSSR count). The summed E-state index contributed by atoms with van der Waals surface area (Å²) in [4.78, 5) is 13.4. The fraction of sp³-hybridized carbons (Fsp3) is 0.278. The van der Waals surface area contributed by atoms with E-state index in [9.17, 15) is 4.79 Å². The molecular formula is C18H19NO3. The van der Waals surface area contributed by atoms with Crippen LogP contribution in [-0.2, 0) is 15.2 Å². The predicted molar refractivity (Wildman–Crippen MR) is 84.3 cm³/mol. The van der Waals surface area contributed by atoms with Crippen molar-refractivity contribution in [3.05, 3.63) is 60.2 Å². The molecule has 4 heteroatoms. The fourth-order valence-corrected chi connectivity index (χ4v) is 3.10. The highest BCUT2D eigenvalue weighted by atomic mass is 16.6. The zero-order valence-corrected chi connectivity index (χ0v) is 12.9. The molecule has 1 amide bonds. The minimum Gasteiger partial charge on any atom is -0.441 e. The van der Waals surface area contributed by atoms with Gasteiger partial charge in [0.05, 0.1) is 0 Å². The molecule has 2 aromatic rings. The Balaban J connectivity index is 2.00. The Morgan fingerprint density at radius 2 is 1.64 bits per heavy atom. The van der Waals surface area contributed by atoms with Crippen molar-refractivity contribution in [1.29, 1.82) is 0 Å². The van der Waals surface area contributed by atoms with Gasteiger partial charge in [-0.1, -0.05) is 54.6 Å². The molecule has 4 nitrogen and oxygen atoms in total. The summed E-state index contributed by atoms with van der Waals surface area (Å²) in [6.07, 6.45) is -0.751. The average Bonchev–Trinajstić information content (AvgIpc) is 2.78. The number of carbonyl (C=O) groups is 1. The first-order valence-electron chi connectivity index (χ1n) is 7.25. The monoisotopic (exact) mass is 297 g/mol. The summed E-state index contributed by atoms with van der Waals surface area (Å²) in [5, 5.41) is 0. The molecule has 1 aliphatic rings. The molecule has 1 saturated heterocycles. The Bertz CT molecular complexity index is 668. The van der Waals surface area contributed by atoms with E-state index >= 15 is 0 Å². The van der Waals surface area contributed by atoms with Crippen LogP contribution in [0.2, 0.25) is 0 Å². The molecule has 1 aliphatic heterocycles. The van der Waals surface area contributed by atoms with Crippen LogP contribution < -0.4 is 0 Å². The minimum absolute atomic E-state index is 0.374. The van der Waals surface area contributed by atoms with Crippen LogP contribution in [0.25, 0.3) is 11.1 Å². The Labute approximate surface area is 130 Å². The number of rotatable bonds is 3. The van der Waals surface area contributed by atoms with Crippen molar-refractivity contribution >= 4 is 6.09 Å². The molecule has 0 aliphatic carbocycles. The van der Waals surface area contributed by atoms with Gasteiger partial charge in [0, 0.05) is 19.7 Å². The summed E-state index contributed by atoms with van der Waals surface area (Å²) in [7, 11) is 3.29. The lowest BCUT2D eigenvalue weighted by molar-refractivity contribution is -0.124. The van der Waals surface area contributed by atoms with Gasteiger partial charge >= 0.3 is 6.09 Å². The molecule has 0 bridgehead atoms. The first kappa shape index (κ1) is 14.6. The molecule has 0 saturated carbocycles. The lowest BCUT2D eigenvalue weighted by atomic mass is 9.94. The number of hydrogen-bond donors (Lipinski definition) is 0. The highest BCUT2D eigenvalue weighted by Gasteiger charge is 2.53. The normalized spacial score (nSPS) is 24.4. The van der Waals surface area contributed by atoms with Crippen molar-refractivity contribution in [3.63, 3.8) is 0 Å². The number of likely N-dealkylation sites (N-methyl/N-ethyl adjacent to an activating group) is 1. The van der Waals surface area contributed by atoms with Gasteiger partial charge in [0.1, 0.15) is 0 Å². The number of amides is 1. The number of cyclic esters (lactones) is 1. The Morgan fingerprint density at radius 3 is 2.14 bits per heavy atom. The van der Waals surface area contributed by atoms with E-state index in [1.807, 2.05) is 49.4 Å². The van der Waals surface area contributed by atoms with Gasteiger partial charge in [-0.25, -0.2) is 4.79 Å². The lowest BCUT2D eigenvalue weighted by Crippen LogP contribution is -2.47. The van der Waals surface area contributed by atoms with Gasteiger partial charge in [0.15, 0.2) is 6.10 Å². The van der Waals surface area contributed by atoms with Gasteiger partial charge in [-0.05, 0) is 18.1 Å². The van der Waals surface area contributed by atoms with E-state index in [1.54, 1.807) is 14.2 Å². The van der Waals surface area contributed by atoms with Crippen LogP contribution in [-0.4, -0.2) is 31.3 Å². The lowest BCUT2D eigenvalue weighted by Gasteiger charge is -2.35. The van der Waals surface area contributed by atoms with Gasteiger partial charge in [-0.2, -0.15) is 0 Å². The summed E-state index contributed by atoms with van der Waals surface area (Å²) >= 11 is 0. The second-order valence-corrected chi connectivity index (χ2v) is 5.43. The van der Waals surface area contributed by atoms with Gasteiger partial charge in [-0.15, -0.1) is 0 Å². The van der Waals surface area contributed by atoms with E-state index in [2.05, 4.69) is 12.1 Å². The molecule has 0 radical (unpaired) electrons. The predicted octanol–water partition coefficient (Wildman–Crippen LogP) is 3.62. The van der Waals surface area contributed by atoms with Crippen LogP contribution in [0.5, 0.6) is 0 Å². The van der Waals surface area contributed by atoms with Gasteiger partial charge in [-0.3, -0.25) is 4.90 Å². The zero-order chi connectivity index (χ0) is 15.7. The molecule has 0 N–H and O–H groups in total. The molecule has 1 heterocycles. The number of nitrogens with zero attached hydrogens (tertiary/aromatic N) is 1. The van der Waals surface area contributed by atoms with E-state index in [0.29, 0.717) is 0 Å². The highest BCUT2D eigenvalue weighted by molar-refractivity contribution is 5.72. The first-order chi connectivity index (χ1) is 10.6. The van der Waals surface area contributed by atoms with Gasteiger partial charge in [0.25, 0.3) is 0 Å². The van der Waals surface area contributed by atoms with Crippen LogP contribution in [0, 0.1) is 0 Å². The van der Waals surface area contributed by atoms with Crippen molar-refractivity contribution in [1.82, 2.24) is 4.90 Å². The number of methoxy groups -OCH3 is 1. The number of hydrogen-bond acceptors (Lipinski definition) is 3. The van der Waals surface area contributed by atoms with E-state index in [4.69, 9.17) is 9.47 Å². The van der Waals surface area contributed by atoms with Crippen molar-refractivity contribution in [2.75, 3.05) is 14.2 Å². The fourth-order valence-electron chi connectivity index (χ4n) is 3.10. The Kier molecular flexibility index (Phi) is 3.62. The van der Waals surface area contributed by atoms with Crippen molar-refractivity contribution in [3.8, 4) is 11.1 Å². The Hall–Kier alpha value is -2.33. The van der Waals surface area contributed by atoms with Gasteiger partial charge < -0.3 is 9.47 Å². The van der Waals surface area contributed by atoms with E-state index in [0.717, 1.165) is 16.7 Å². The third kappa shape index (κ3) is 2.07. The molecular weight excluding hydrogens is 278 g/mol. The highest BCUT2D eigenvalue weighted by Crippen LogP contribution is 2.39. The maximum Gasteiger partial charge on any atom is 0.412 e. The molecule has 114 valence electrons. The average molecular weight is 297 g/mol. The van der Waals surface area contributed by atoms with E-state index in [-0.39, 0.29) is 12.2 Å². The summed E-state index contributed by atoms with van der Waals surface area (Å²) in [5.74, 6) is 0. The summed E-state index contributed by atoms with van der Waals surface area (Å²) in [5.41, 5.74) is 2.29. The van der Waals surface area contributed by atoms with Crippen LogP contribution in [0.4, 0.5) is 4.79 Å². The van der Waals surface area contributed by atoms with Crippen LogP contribution in [0.1, 0.15) is 12.5 Å². The quantitative estimate of drug-likeness (QED) is 0.868. The molecule has 2 aromatic carbocycles. The maximum atomic E-state index is 11.8. The minimum atomic E-state index is -0.883. The summed E-state index contributed by atoms with van der Waals surface area (Å²) < 4.78 is 11.0. The molecule has 1 fully saturated rings. The topological polar surface area (TPSA) is 38.8 Å². The van der Waals surface area contributed by atoms with Crippen molar-refractivity contribution in [2.24, 2.45) is 0 Å². The SMILES string of the molecule is COC1(c2ccc(-c3ccccc3)cc2)C(C)OC(=O)N1C. The van der Waals surface area contributed by atoms with Gasteiger partial charge in [0.2, 0.25) is 5.72 Å². The summed E-state index contributed by atoms with van der Waals surface area (Å²) in [6, 6.07) is 18.2. The van der Waals surface area contributed by atoms with Crippen molar-refractivity contribution < 1.29 is 14.3 Å². The first-order valence-corrected chi connectivity index (χ1v) is 7.25. The third-order valence-electron chi connectivity index (χ3n) is 4.32. The van der Waals surface area contributed by atoms with Crippen LogP contribution in [0.15, 0.2) is 54.6 Å². The molecule has 2 atom stereocenters.